The predicted molar refractivity (Wildman–Crippen MR) is 126 cm³/mol. The maximum absolute atomic E-state index is 12.5. The van der Waals surface area contributed by atoms with E-state index >= 15 is 0 Å². The lowest BCUT2D eigenvalue weighted by molar-refractivity contribution is 0.262. The van der Waals surface area contributed by atoms with Crippen LogP contribution in [-0.2, 0) is 0 Å². The predicted octanol–water partition coefficient (Wildman–Crippen LogP) is 6.72. The molecule has 0 saturated heterocycles. The highest BCUT2D eigenvalue weighted by molar-refractivity contribution is 9.10. The molecule has 0 atom stereocenters. The number of thiazole rings is 1. The summed E-state index contributed by atoms with van der Waals surface area (Å²) in [5.74, 6) is 0. The number of urea groups is 1. The zero-order valence-corrected chi connectivity index (χ0v) is 18.4. The van der Waals surface area contributed by atoms with Crippen molar-refractivity contribution in [3.05, 3.63) is 88.6 Å². The minimum absolute atomic E-state index is 0.311. The first-order valence-corrected chi connectivity index (χ1v) is 10.8. The third kappa shape index (κ3) is 4.67. The van der Waals surface area contributed by atoms with Gasteiger partial charge in [-0.2, -0.15) is 0 Å². The Morgan fingerprint density at radius 3 is 2.50 bits per heavy atom. The number of aryl methyl sites for hydroxylation is 1. The van der Waals surface area contributed by atoms with E-state index in [1.165, 1.54) is 11.3 Å². The molecule has 0 fully saturated rings. The quantitative estimate of drug-likeness (QED) is 0.333. The van der Waals surface area contributed by atoms with Crippen molar-refractivity contribution in [2.24, 2.45) is 0 Å². The summed E-state index contributed by atoms with van der Waals surface area (Å²) in [7, 11) is 0. The van der Waals surface area contributed by atoms with Crippen LogP contribution in [-0.4, -0.2) is 16.0 Å². The van der Waals surface area contributed by atoms with Crippen LogP contribution in [0.4, 0.5) is 32.7 Å². The molecule has 6 nitrogen and oxygen atoms in total. The molecule has 2 aromatic carbocycles. The first kappa shape index (κ1) is 20.1. The Morgan fingerprint density at radius 2 is 1.80 bits per heavy atom. The van der Waals surface area contributed by atoms with Gasteiger partial charge in [0.1, 0.15) is 0 Å². The van der Waals surface area contributed by atoms with Crippen LogP contribution in [0.1, 0.15) is 5.56 Å². The topological polar surface area (TPSA) is 70.2 Å². The fraction of sp³-hybridized carbons (Fsp3) is 0.0455. The number of carbonyl (C=O) groups excluding carboxylic acids is 1. The fourth-order valence-corrected chi connectivity index (χ4v) is 3.86. The standard InChI is InChI=1S/C22H18BrN5OS/c1-15-4-7-18(27-21(29)26-17-8-5-16(23)6-9-17)13-20(15)28(22-25-11-12-30-22)19-3-2-10-24-14-19/h2-14H,1H3,(H2,26,27,29). The third-order valence-electron chi connectivity index (χ3n) is 4.32. The number of nitrogens with one attached hydrogen (secondary N) is 2. The van der Waals surface area contributed by atoms with E-state index in [1.807, 2.05) is 71.8 Å². The third-order valence-corrected chi connectivity index (χ3v) is 5.61. The van der Waals surface area contributed by atoms with Crippen LogP contribution in [0.2, 0.25) is 0 Å². The van der Waals surface area contributed by atoms with Gasteiger partial charge in [-0.3, -0.25) is 9.88 Å². The molecule has 0 saturated carbocycles. The number of hydrogen-bond donors (Lipinski definition) is 2. The van der Waals surface area contributed by atoms with Gasteiger partial charge in [0, 0.05) is 33.6 Å². The van der Waals surface area contributed by atoms with Crippen molar-refractivity contribution in [1.82, 2.24) is 9.97 Å². The Balaban J connectivity index is 1.61. The maximum Gasteiger partial charge on any atom is 0.323 e. The molecule has 4 rings (SSSR count). The van der Waals surface area contributed by atoms with Crippen molar-refractivity contribution in [1.29, 1.82) is 0 Å². The fourth-order valence-electron chi connectivity index (χ4n) is 2.92. The van der Waals surface area contributed by atoms with Gasteiger partial charge in [0.25, 0.3) is 0 Å². The summed E-state index contributed by atoms with van der Waals surface area (Å²) < 4.78 is 0.953. The lowest BCUT2D eigenvalue weighted by Crippen LogP contribution is -2.20. The van der Waals surface area contributed by atoms with Crippen LogP contribution in [0.5, 0.6) is 0 Å². The molecule has 0 aliphatic heterocycles. The zero-order valence-electron chi connectivity index (χ0n) is 16.0. The molecule has 30 heavy (non-hydrogen) atoms. The molecule has 0 aliphatic carbocycles. The van der Waals surface area contributed by atoms with E-state index < -0.39 is 0 Å². The number of benzene rings is 2. The minimum atomic E-state index is -0.311. The van der Waals surface area contributed by atoms with Crippen molar-refractivity contribution in [3.8, 4) is 0 Å². The van der Waals surface area contributed by atoms with Crippen LogP contribution in [0, 0.1) is 6.92 Å². The normalized spacial score (nSPS) is 10.5. The highest BCUT2D eigenvalue weighted by atomic mass is 79.9. The Labute approximate surface area is 186 Å². The number of anilines is 5. The summed E-state index contributed by atoms with van der Waals surface area (Å²) in [5, 5.41) is 8.49. The molecular weight excluding hydrogens is 462 g/mol. The second kappa shape index (κ2) is 9.06. The molecular formula is C22H18BrN5OS. The van der Waals surface area contributed by atoms with Gasteiger partial charge in [0.05, 0.1) is 17.6 Å². The van der Waals surface area contributed by atoms with Crippen LogP contribution >= 0.6 is 27.3 Å². The van der Waals surface area contributed by atoms with E-state index in [1.54, 1.807) is 18.6 Å². The second-order valence-corrected chi connectivity index (χ2v) is 8.24. The number of nitrogens with zero attached hydrogens (tertiary/aromatic N) is 3. The van der Waals surface area contributed by atoms with Crippen LogP contribution < -0.4 is 15.5 Å². The van der Waals surface area contributed by atoms with E-state index in [2.05, 4.69) is 36.5 Å². The Hall–Kier alpha value is -3.23. The average Bonchev–Trinajstić information content (AvgIpc) is 3.27. The number of aromatic nitrogens is 2. The Kier molecular flexibility index (Phi) is 6.06. The number of halogens is 1. The first-order valence-electron chi connectivity index (χ1n) is 9.14. The summed E-state index contributed by atoms with van der Waals surface area (Å²) in [6.45, 7) is 2.03. The monoisotopic (exact) mass is 479 g/mol. The number of rotatable bonds is 5. The molecule has 2 aromatic heterocycles. The number of amides is 2. The zero-order chi connectivity index (χ0) is 20.9. The minimum Gasteiger partial charge on any atom is -0.308 e. The second-order valence-electron chi connectivity index (χ2n) is 6.45. The number of hydrogen-bond acceptors (Lipinski definition) is 5. The van der Waals surface area contributed by atoms with E-state index in [4.69, 9.17) is 0 Å². The van der Waals surface area contributed by atoms with Crippen LogP contribution in [0.3, 0.4) is 0 Å². The smallest absolute Gasteiger partial charge is 0.308 e. The summed E-state index contributed by atoms with van der Waals surface area (Å²) in [6, 6.07) is 16.8. The van der Waals surface area contributed by atoms with Gasteiger partial charge < -0.3 is 10.6 Å². The lowest BCUT2D eigenvalue weighted by Gasteiger charge is -2.24. The van der Waals surface area contributed by atoms with Crippen molar-refractivity contribution in [3.63, 3.8) is 0 Å². The highest BCUT2D eigenvalue weighted by Crippen LogP contribution is 2.38. The summed E-state index contributed by atoms with van der Waals surface area (Å²) in [5.41, 5.74) is 4.25. The molecule has 0 unspecified atom stereocenters. The average molecular weight is 480 g/mol. The molecule has 8 heteroatoms. The van der Waals surface area contributed by atoms with Gasteiger partial charge >= 0.3 is 6.03 Å². The number of carbonyl (C=O) groups is 1. The molecule has 150 valence electrons. The molecule has 0 bridgehead atoms. The van der Waals surface area contributed by atoms with E-state index in [0.717, 1.165) is 26.5 Å². The molecule has 2 amide bonds. The highest BCUT2D eigenvalue weighted by Gasteiger charge is 2.17. The van der Waals surface area contributed by atoms with Crippen molar-refractivity contribution < 1.29 is 4.79 Å². The Morgan fingerprint density at radius 1 is 1.03 bits per heavy atom. The van der Waals surface area contributed by atoms with Gasteiger partial charge in [-0.1, -0.05) is 22.0 Å². The molecule has 4 aromatic rings. The van der Waals surface area contributed by atoms with Crippen molar-refractivity contribution >= 4 is 61.2 Å². The van der Waals surface area contributed by atoms with Crippen molar-refractivity contribution in [2.45, 2.75) is 6.92 Å². The lowest BCUT2D eigenvalue weighted by atomic mass is 10.1. The van der Waals surface area contributed by atoms with Crippen molar-refractivity contribution in [2.75, 3.05) is 15.5 Å². The van der Waals surface area contributed by atoms with E-state index in [0.29, 0.717) is 11.4 Å². The van der Waals surface area contributed by atoms with Gasteiger partial charge in [0.15, 0.2) is 5.13 Å². The molecule has 0 aliphatic rings. The summed E-state index contributed by atoms with van der Waals surface area (Å²) in [4.78, 5) is 23.2. The Bertz CT molecular complexity index is 1130. The first-order chi connectivity index (χ1) is 14.6. The van der Waals surface area contributed by atoms with Crippen LogP contribution in [0.15, 0.2) is 83.0 Å². The molecule has 2 heterocycles. The van der Waals surface area contributed by atoms with Gasteiger partial charge in [0.2, 0.25) is 0 Å². The van der Waals surface area contributed by atoms with Gasteiger partial charge in [-0.15, -0.1) is 11.3 Å². The van der Waals surface area contributed by atoms with E-state index in [-0.39, 0.29) is 6.03 Å². The molecule has 0 radical (unpaired) electrons. The summed E-state index contributed by atoms with van der Waals surface area (Å²) >= 11 is 4.92. The molecule has 0 spiro atoms. The van der Waals surface area contributed by atoms with Crippen LogP contribution in [0.25, 0.3) is 0 Å². The molecule has 2 N–H and O–H groups in total. The van der Waals surface area contributed by atoms with Gasteiger partial charge in [-0.25, -0.2) is 9.78 Å². The summed E-state index contributed by atoms with van der Waals surface area (Å²) in [6.07, 6.45) is 5.30. The largest absolute Gasteiger partial charge is 0.323 e. The maximum atomic E-state index is 12.5. The SMILES string of the molecule is Cc1ccc(NC(=O)Nc2ccc(Br)cc2)cc1N(c1cccnc1)c1nccs1. The van der Waals surface area contributed by atoms with E-state index in [9.17, 15) is 4.79 Å². The number of pyridine rings is 1. The van der Waals surface area contributed by atoms with Gasteiger partial charge in [-0.05, 0) is 61.0 Å².